The van der Waals surface area contributed by atoms with Gasteiger partial charge in [0, 0.05) is 11.4 Å². The molecule has 130 valence electrons. The third-order valence-corrected chi connectivity index (χ3v) is 5.10. The van der Waals surface area contributed by atoms with Crippen LogP contribution >= 0.6 is 11.6 Å². The smallest absolute Gasteiger partial charge is 0.123 e. The van der Waals surface area contributed by atoms with Gasteiger partial charge in [-0.3, -0.25) is 5.01 Å². The molecule has 4 rings (SSSR count). The molecule has 3 aromatic carbocycles. The lowest BCUT2D eigenvalue weighted by molar-refractivity contribution is 0.627. The Bertz CT molecular complexity index is 952. The van der Waals surface area contributed by atoms with Crippen LogP contribution in [-0.4, -0.2) is 5.71 Å². The van der Waals surface area contributed by atoms with Gasteiger partial charge in [-0.25, -0.2) is 4.39 Å². The number of benzene rings is 3. The van der Waals surface area contributed by atoms with Crippen LogP contribution in [0.4, 0.5) is 10.1 Å². The summed E-state index contributed by atoms with van der Waals surface area (Å²) in [6.45, 7) is 1.98. The lowest BCUT2D eigenvalue weighted by Crippen LogP contribution is -2.18. The molecule has 2 nitrogen and oxygen atoms in total. The van der Waals surface area contributed by atoms with Crippen molar-refractivity contribution in [2.75, 3.05) is 5.01 Å². The molecule has 26 heavy (non-hydrogen) atoms. The summed E-state index contributed by atoms with van der Waals surface area (Å²) in [5.74, 6) is -0.242. The Morgan fingerprint density at radius 1 is 1.00 bits per heavy atom. The fraction of sp³-hybridized carbons (Fsp3) is 0.136. The maximum Gasteiger partial charge on any atom is 0.123 e. The van der Waals surface area contributed by atoms with Crippen molar-refractivity contribution in [2.24, 2.45) is 5.10 Å². The van der Waals surface area contributed by atoms with Crippen molar-refractivity contribution in [1.29, 1.82) is 0 Å². The SMILES string of the molecule is Cc1ccc(N2N=C(c3ccc(F)cc3)C[C@H]2c2ccccc2)cc1Cl. The van der Waals surface area contributed by atoms with E-state index in [0.29, 0.717) is 0 Å². The summed E-state index contributed by atoms with van der Waals surface area (Å²) in [7, 11) is 0. The van der Waals surface area contributed by atoms with E-state index >= 15 is 0 Å². The lowest BCUT2D eigenvalue weighted by atomic mass is 9.98. The highest BCUT2D eigenvalue weighted by Crippen LogP contribution is 2.37. The van der Waals surface area contributed by atoms with E-state index in [1.165, 1.54) is 17.7 Å². The van der Waals surface area contributed by atoms with E-state index in [-0.39, 0.29) is 11.9 Å². The van der Waals surface area contributed by atoms with Crippen molar-refractivity contribution in [3.63, 3.8) is 0 Å². The first kappa shape index (κ1) is 16.8. The van der Waals surface area contributed by atoms with Crippen molar-refractivity contribution in [1.82, 2.24) is 0 Å². The molecule has 1 aliphatic heterocycles. The number of hydrogen-bond donors (Lipinski definition) is 0. The summed E-state index contributed by atoms with van der Waals surface area (Å²) in [5.41, 5.74) is 5.05. The van der Waals surface area contributed by atoms with E-state index in [1.54, 1.807) is 12.1 Å². The zero-order chi connectivity index (χ0) is 18.1. The molecule has 0 aromatic heterocycles. The van der Waals surface area contributed by atoms with Gasteiger partial charge in [0.05, 0.1) is 17.4 Å². The average Bonchev–Trinajstić information content (AvgIpc) is 3.11. The van der Waals surface area contributed by atoms with Gasteiger partial charge < -0.3 is 0 Å². The number of aryl methyl sites for hydroxylation is 1. The fourth-order valence-corrected chi connectivity index (χ4v) is 3.40. The second kappa shape index (κ2) is 6.93. The number of hydrazone groups is 1. The lowest BCUT2D eigenvalue weighted by Gasteiger charge is -2.24. The van der Waals surface area contributed by atoms with Gasteiger partial charge in [-0.1, -0.05) is 60.1 Å². The summed E-state index contributed by atoms with van der Waals surface area (Å²) in [5, 5.41) is 7.59. The first-order chi connectivity index (χ1) is 12.6. The van der Waals surface area contributed by atoms with Gasteiger partial charge in [-0.15, -0.1) is 0 Å². The zero-order valence-electron chi connectivity index (χ0n) is 14.4. The van der Waals surface area contributed by atoms with Crippen molar-refractivity contribution < 1.29 is 4.39 Å². The van der Waals surface area contributed by atoms with Crippen molar-refractivity contribution >= 4 is 23.0 Å². The third kappa shape index (κ3) is 3.23. The van der Waals surface area contributed by atoms with Crippen LogP contribution in [0.25, 0.3) is 0 Å². The topological polar surface area (TPSA) is 15.6 Å². The first-order valence-corrected chi connectivity index (χ1v) is 8.93. The molecule has 3 aromatic rings. The molecule has 4 heteroatoms. The third-order valence-electron chi connectivity index (χ3n) is 4.69. The Kier molecular flexibility index (Phi) is 4.48. The van der Waals surface area contributed by atoms with Gasteiger partial charge in [0.2, 0.25) is 0 Å². The highest BCUT2D eigenvalue weighted by atomic mass is 35.5. The average molecular weight is 365 g/mol. The molecule has 0 saturated heterocycles. The fourth-order valence-electron chi connectivity index (χ4n) is 3.22. The highest BCUT2D eigenvalue weighted by molar-refractivity contribution is 6.31. The predicted octanol–water partition coefficient (Wildman–Crippen LogP) is 6.14. The van der Waals surface area contributed by atoms with E-state index < -0.39 is 0 Å². The molecule has 0 N–H and O–H groups in total. The Balaban J connectivity index is 1.76. The quantitative estimate of drug-likeness (QED) is 0.544. The van der Waals surface area contributed by atoms with Crippen LogP contribution in [0.1, 0.15) is 29.2 Å². The molecule has 1 aliphatic rings. The molecular weight excluding hydrogens is 347 g/mol. The summed E-state index contributed by atoms with van der Waals surface area (Å²) < 4.78 is 13.3. The molecule has 0 aliphatic carbocycles. The predicted molar refractivity (Wildman–Crippen MR) is 105 cm³/mol. The van der Waals surface area contributed by atoms with Crippen molar-refractivity contribution in [3.8, 4) is 0 Å². The van der Waals surface area contributed by atoms with Gasteiger partial charge in [0.15, 0.2) is 0 Å². The Labute approximate surface area is 157 Å². The highest BCUT2D eigenvalue weighted by Gasteiger charge is 2.30. The van der Waals surface area contributed by atoms with Gasteiger partial charge in [0.1, 0.15) is 5.82 Å². The van der Waals surface area contributed by atoms with Crippen LogP contribution < -0.4 is 5.01 Å². The summed E-state index contributed by atoms with van der Waals surface area (Å²) in [4.78, 5) is 0. The van der Waals surface area contributed by atoms with Crippen LogP contribution in [-0.2, 0) is 0 Å². The summed E-state index contributed by atoms with van der Waals surface area (Å²) in [6.07, 6.45) is 0.751. The van der Waals surface area contributed by atoms with Crippen molar-refractivity contribution in [3.05, 3.63) is 100 Å². The van der Waals surface area contributed by atoms with Crippen LogP contribution in [0.3, 0.4) is 0 Å². The van der Waals surface area contributed by atoms with E-state index in [4.69, 9.17) is 16.7 Å². The Hall–Kier alpha value is -2.65. The molecular formula is C22H18ClFN2. The minimum Gasteiger partial charge on any atom is -0.257 e. The van der Waals surface area contributed by atoms with E-state index in [0.717, 1.165) is 34.0 Å². The minimum absolute atomic E-state index is 0.0787. The molecule has 1 heterocycles. The number of nitrogens with zero attached hydrogens (tertiary/aromatic N) is 2. The van der Waals surface area contributed by atoms with Crippen LogP contribution in [0.2, 0.25) is 5.02 Å². The van der Waals surface area contributed by atoms with Gasteiger partial charge in [-0.05, 0) is 47.9 Å². The maximum atomic E-state index is 13.3. The van der Waals surface area contributed by atoms with Gasteiger partial charge in [-0.2, -0.15) is 5.10 Å². The minimum atomic E-state index is -0.242. The second-order valence-electron chi connectivity index (χ2n) is 6.46. The molecule has 0 radical (unpaired) electrons. The largest absolute Gasteiger partial charge is 0.257 e. The standard InChI is InChI=1S/C22H18ClFN2/c1-15-7-12-19(13-20(15)23)26-22(17-5-3-2-4-6-17)14-21(25-26)16-8-10-18(24)11-9-16/h2-13,22H,14H2,1H3/t22-/m0/s1. The van der Waals surface area contributed by atoms with Crippen LogP contribution in [0, 0.1) is 12.7 Å². The van der Waals surface area contributed by atoms with E-state index in [9.17, 15) is 4.39 Å². The Morgan fingerprint density at radius 3 is 2.42 bits per heavy atom. The molecule has 1 atom stereocenters. The van der Waals surface area contributed by atoms with Gasteiger partial charge >= 0.3 is 0 Å². The normalized spacial score (nSPS) is 16.7. The van der Waals surface area contributed by atoms with Crippen LogP contribution in [0.15, 0.2) is 77.9 Å². The molecule has 0 amide bonds. The monoisotopic (exact) mass is 364 g/mol. The molecule has 0 spiro atoms. The number of anilines is 1. The summed E-state index contributed by atoms with van der Waals surface area (Å²) >= 11 is 6.34. The maximum absolute atomic E-state index is 13.3. The van der Waals surface area contributed by atoms with Crippen molar-refractivity contribution in [2.45, 2.75) is 19.4 Å². The zero-order valence-corrected chi connectivity index (χ0v) is 15.1. The van der Waals surface area contributed by atoms with Gasteiger partial charge in [0.25, 0.3) is 0 Å². The molecule has 0 unspecified atom stereocenters. The number of halogens is 2. The molecule has 0 saturated carbocycles. The molecule has 0 fully saturated rings. The number of rotatable bonds is 3. The Morgan fingerprint density at radius 2 is 1.73 bits per heavy atom. The van der Waals surface area contributed by atoms with E-state index in [2.05, 4.69) is 12.1 Å². The van der Waals surface area contributed by atoms with E-state index in [1.807, 2.05) is 48.3 Å². The number of hydrogen-bond acceptors (Lipinski definition) is 2. The van der Waals surface area contributed by atoms with Crippen LogP contribution in [0.5, 0.6) is 0 Å². The first-order valence-electron chi connectivity index (χ1n) is 8.55. The second-order valence-corrected chi connectivity index (χ2v) is 6.87. The molecule has 0 bridgehead atoms. The summed E-state index contributed by atoms with van der Waals surface area (Å²) in [6, 6.07) is 22.9.